The molecule has 0 spiro atoms. The van der Waals surface area contributed by atoms with Gasteiger partial charge in [0.05, 0.1) is 6.04 Å². The Hall–Kier alpha value is -1.59. The van der Waals surface area contributed by atoms with E-state index in [1.165, 1.54) is 0 Å². The topological polar surface area (TPSA) is 71.8 Å². The summed E-state index contributed by atoms with van der Waals surface area (Å²) in [5.41, 5.74) is 0. The van der Waals surface area contributed by atoms with Gasteiger partial charge in [0.2, 0.25) is 0 Å². The van der Waals surface area contributed by atoms with E-state index < -0.39 is 0 Å². The van der Waals surface area contributed by atoms with Crippen molar-refractivity contribution in [3.63, 3.8) is 0 Å². The normalized spacial score (nSPS) is 15.5. The number of hydrogen-bond donors (Lipinski definition) is 2. The van der Waals surface area contributed by atoms with Gasteiger partial charge < -0.3 is 15.2 Å². The van der Waals surface area contributed by atoms with Gasteiger partial charge in [0.25, 0.3) is 0 Å². The smallest absolute Gasteiger partial charge is 0.315 e. The van der Waals surface area contributed by atoms with E-state index in [1.807, 2.05) is 0 Å². The van der Waals surface area contributed by atoms with Gasteiger partial charge in [-0.15, -0.1) is 10.2 Å². The van der Waals surface area contributed by atoms with Crippen LogP contribution in [0.15, 0.2) is 0 Å². The zero-order valence-corrected chi connectivity index (χ0v) is 12.8. The van der Waals surface area contributed by atoms with Crippen molar-refractivity contribution in [3.8, 4) is 0 Å². The molecule has 2 N–H and O–H groups in total. The molecule has 0 saturated carbocycles. The van der Waals surface area contributed by atoms with Crippen LogP contribution in [0.1, 0.15) is 51.8 Å². The number of urea groups is 1. The summed E-state index contributed by atoms with van der Waals surface area (Å²) in [6.07, 6.45) is 2.10. The zero-order valence-electron chi connectivity index (χ0n) is 12.8. The first-order valence-corrected chi connectivity index (χ1v) is 7.45. The molecule has 1 aliphatic heterocycles. The van der Waals surface area contributed by atoms with Crippen molar-refractivity contribution in [1.82, 2.24) is 25.4 Å². The van der Waals surface area contributed by atoms with E-state index >= 15 is 0 Å². The molecule has 1 atom stereocenters. The highest BCUT2D eigenvalue weighted by molar-refractivity contribution is 5.74. The largest absolute Gasteiger partial charge is 0.338 e. The minimum Gasteiger partial charge on any atom is -0.338 e. The number of hydrogen-bond acceptors (Lipinski definition) is 3. The van der Waals surface area contributed by atoms with Gasteiger partial charge in [0.15, 0.2) is 5.82 Å². The highest BCUT2D eigenvalue weighted by Crippen LogP contribution is 2.24. The molecule has 20 heavy (non-hydrogen) atoms. The van der Waals surface area contributed by atoms with Gasteiger partial charge in [-0.1, -0.05) is 27.7 Å². The predicted octanol–water partition coefficient (Wildman–Crippen LogP) is 1.88. The first-order chi connectivity index (χ1) is 9.49. The van der Waals surface area contributed by atoms with Crippen molar-refractivity contribution in [3.05, 3.63) is 11.6 Å². The Labute approximate surface area is 120 Å². The van der Waals surface area contributed by atoms with Crippen molar-refractivity contribution in [2.75, 3.05) is 6.54 Å². The third-order valence-electron chi connectivity index (χ3n) is 3.54. The van der Waals surface area contributed by atoms with E-state index in [0.717, 1.165) is 31.0 Å². The van der Waals surface area contributed by atoms with E-state index in [0.29, 0.717) is 12.5 Å². The first-order valence-electron chi connectivity index (χ1n) is 7.45. The van der Waals surface area contributed by atoms with Crippen molar-refractivity contribution >= 4 is 6.03 Å². The van der Waals surface area contributed by atoms with Crippen LogP contribution >= 0.6 is 0 Å². The van der Waals surface area contributed by atoms with E-state index in [9.17, 15) is 4.79 Å². The maximum atomic E-state index is 12.0. The van der Waals surface area contributed by atoms with Gasteiger partial charge in [-0.3, -0.25) is 0 Å². The number of aromatic nitrogens is 3. The molecule has 0 aliphatic carbocycles. The summed E-state index contributed by atoms with van der Waals surface area (Å²) in [5.74, 6) is 2.63. The monoisotopic (exact) mass is 279 g/mol. The van der Waals surface area contributed by atoms with E-state index in [4.69, 9.17) is 0 Å². The number of amides is 2. The van der Waals surface area contributed by atoms with Crippen molar-refractivity contribution in [1.29, 1.82) is 0 Å². The summed E-state index contributed by atoms with van der Waals surface area (Å²) in [5, 5.41) is 14.4. The predicted molar refractivity (Wildman–Crippen MR) is 77.3 cm³/mol. The maximum Gasteiger partial charge on any atom is 0.315 e. The summed E-state index contributed by atoms with van der Waals surface area (Å²) >= 11 is 0. The van der Waals surface area contributed by atoms with Crippen molar-refractivity contribution < 1.29 is 4.79 Å². The fourth-order valence-electron chi connectivity index (χ4n) is 2.42. The molecule has 6 heteroatoms. The second kappa shape index (κ2) is 6.24. The van der Waals surface area contributed by atoms with Crippen LogP contribution in [0.5, 0.6) is 0 Å². The van der Waals surface area contributed by atoms with E-state index in [1.54, 1.807) is 0 Å². The summed E-state index contributed by atoms with van der Waals surface area (Å²) < 4.78 is 2.15. The highest BCUT2D eigenvalue weighted by atomic mass is 16.2. The average Bonchev–Trinajstić information content (AvgIpc) is 2.95. The number of carbonyl (C=O) groups is 1. The quantitative estimate of drug-likeness (QED) is 0.864. The second-order valence-electron chi connectivity index (χ2n) is 6.20. The molecule has 6 nitrogen and oxygen atoms in total. The molecule has 1 aromatic heterocycles. The average molecular weight is 279 g/mol. The maximum absolute atomic E-state index is 12.0. The van der Waals surface area contributed by atoms with Crippen LogP contribution in [0.25, 0.3) is 0 Å². The number of rotatable bonds is 5. The summed E-state index contributed by atoms with van der Waals surface area (Å²) in [7, 11) is 0. The van der Waals surface area contributed by atoms with E-state index in [2.05, 4.69) is 53.1 Å². The van der Waals surface area contributed by atoms with E-state index in [-0.39, 0.29) is 18.0 Å². The number of nitrogens with zero attached hydrogens (tertiary/aromatic N) is 3. The molecule has 2 heterocycles. The Kier molecular flexibility index (Phi) is 4.62. The molecule has 0 fully saturated rings. The third-order valence-corrected chi connectivity index (χ3v) is 3.54. The molecule has 0 aromatic carbocycles. The molecular weight excluding hydrogens is 254 g/mol. The minimum absolute atomic E-state index is 0.0958. The number of nitrogens with one attached hydrogen (secondary N) is 2. The molecule has 1 aromatic rings. The SMILES string of the molecule is CC(C)CNC(=O)N[C@H](c1nnc2n1CCC2)C(C)C. The van der Waals surface area contributed by atoms with Crippen LogP contribution in [0.2, 0.25) is 0 Å². The molecule has 0 bridgehead atoms. The van der Waals surface area contributed by atoms with Crippen LogP contribution in [0, 0.1) is 11.8 Å². The fraction of sp³-hybridized carbons (Fsp3) is 0.786. The molecule has 2 amide bonds. The van der Waals surface area contributed by atoms with Crippen LogP contribution < -0.4 is 10.6 Å². The third kappa shape index (κ3) is 3.29. The molecule has 0 unspecified atom stereocenters. The van der Waals surface area contributed by atoms with Gasteiger partial charge >= 0.3 is 6.03 Å². The van der Waals surface area contributed by atoms with Gasteiger partial charge in [-0.2, -0.15) is 0 Å². The summed E-state index contributed by atoms with van der Waals surface area (Å²) in [4.78, 5) is 12.0. The van der Waals surface area contributed by atoms with Gasteiger partial charge in [-0.25, -0.2) is 4.79 Å². The number of fused-ring (bicyclic) bond motifs is 1. The van der Waals surface area contributed by atoms with Gasteiger partial charge in [0, 0.05) is 19.5 Å². The number of carbonyl (C=O) groups excluding carboxylic acids is 1. The highest BCUT2D eigenvalue weighted by Gasteiger charge is 2.27. The summed E-state index contributed by atoms with van der Waals surface area (Å²) in [6, 6.07) is -0.228. The Bertz CT molecular complexity index is 466. The Morgan fingerprint density at radius 2 is 2.05 bits per heavy atom. The second-order valence-corrected chi connectivity index (χ2v) is 6.20. The molecular formula is C14H25N5O. The first kappa shape index (κ1) is 14.8. The molecule has 112 valence electrons. The molecule has 0 radical (unpaired) electrons. The van der Waals surface area contributed by atoms with Gasteiger partial charge in [0.1, 0.15) is 5.82 Å². The van der Waals surface area contributed by atoms with Gasteiger partial charge in [-0.05, 0) is 18.3 Å². The molecule has 1 aliphatic rings. The fourth-order valence-corrected chi connectivity index (χ4v) is 2.42. The zero-order chi connectivity index (χ0) is 14.7. The lowest BCUT2D eigenvalue weighted by atomic mass is 10.0. The lowest BCUT2D eigenvalue weighted by Gasteiger charge is -2.22. The van der Waals surface area contributed by atoms with Crippen molar-refractivity contribution in [2.45, 2.75) is 53.1 Å². The van der Waals surface area contributed by atoms with Crippen LogP contribution in [0.4, 0.5) is 4.79 Å². The molecule has 2 rings (SSSR count). The van der Waals surface area contributed by atoms with Crippen LogP contribution in [0.3, 0.4) is 0 Å². The summed E-state index contributed by atoms with van der Waals surface area (Å²) in [6.45, 7) is 9.95. The molecule has 0 saturated heterocycles. The minimum atomic E-state index is -0.132. The number of aryl methyl sites for hydroxylation is 1. The lowest BCUT2D eigenvalue weighted by molar-refractivity contribution is 0.230. The Morgan fingerprint density at radius 1 is 1.30 bits per heavy atom. The Morgan fingerprint density at radius 3 is 2.70 bits per heavy atom. The van der Waals surface area contributed by atoms with Crippen LogP contribution in [-0.2, 0) is 13.0 Å². The van der Waals surface area contributed by atoms with Crippen molar-refractivity contribution in [2.24, 2.45) is 11.8 Å². The standard InChI is InChI=1S/C14H25N5O/c1-9(2)8-15-14(20)16-12(10(3)4)13-18-17-11-6-5-7-19(11)13/h9-10,12H,5-8H2,1-4H3,(H2,15,16,20)/t12-/m0/s1. The van der Waals surface area contributed by atoms with Crippen LogP contribution in [-0.4, -0.2) is 27.3 Å². The Balaban J connectivity index is 2.05. The lowest BCUT2D eigenvalue weighted by Crippen LogP contribution is -2.42.